The number of fused-ring (bicyclic) bond motifs is 1. The summed E-state index contributed by atoms with van der Waals surface area (Å²) < 4.78 is 36.2. The Hall–Kier alpha value is -6.22. The zero-order valence-corrected chi connectivity index (χ0v) is 38.6. The van der Waals surface area contributed by atoms with Crippen LogP contribution in [-0.4, -0.2) is 0 Å². The fourth-order valence-electron chi connectivity index (χ4n) is 8.91. The van der Waals surface area contributed by atoms with Gasteiger partial charge in [-0.05, 0) is 47.8 Å². The summed E-state index contributed by atoms with van der Waals surface area (Å²) in [4.78, 5) is 0. The Labute approximate surface area is 378 Å². The van der Waals surface area contributed by atoms with Gasteiger partial charge in [0.2, 0.25) is 0 Å². The standard InChI is InChI=1S/C58H44O2P4/c59-63(49-35-17-5-18-36-49,50-37-19-6-20-38-50)57-55(61(45-27-9-1-10-28-45)46-29-11-2-12-30-46)53-43-25-26-44-54(53)56(62(47-31-13-3-14-32-47)48-33-15-4-16-34-48)58(57)64(60,51-39-21-7-22-40-51)52-41-23-8-24-42-52/h1-44H. The first-order valence-corrected chi connectivity index (χ1v) is 27.5. The molecule has 0 saturated carbocycles. The van der Waals surface area contributed by atoms with Crippen molar-refractivity contribution in [2.75, 3.05) is 0 Å². The molecule has 6 heteroatoms. The van der Waals surface area contributed by atoms with Gasteiger partial charge in [-0.1, -0.05) is 267 Å². The van der Waals surface area contributed by atoms with E-state index in [0.717, 1.165) is 42.6 Å². The summed E-state index contributed by atoms with van der Waals surface area (Å²) in [6.07, 6.45) is 0. The second kappa shape index (κ2) is 18.5. The number of hydrogen-bond donors (Lipinski definition) is 0. The number of rotatable bonds is 12. The van der Waals surface area contributed by atoms with E-state index in [-0.39, 0.29) is 0 Å². The first-order valence-electron chi connectivity index (χ1n) is 21.4. The van der Waals surface area contributed by atoms with Crippen LogP contribution < -0.4 is 63.7 Å². The summed E-state index contributed by atoms with van der Waals surface area (Å²) in [5.74, 6) is 0. The summed E-state index contributed by atoms with van der Waals surface area (Å²) in [7, 11) is -10.8. The fraction of sp³-hybridized carbons (Fsp3) is 0. The molecule has 0 aromatic heterocycles. The Kier molecular flexibility index (Phi) is 12.1. The molecule has 0 heterocycles. The average molecular weight is 897 g/mol. The van der Waals surface area contributed by atoms with Gasteiger partial charge in [-0.3, -0.25) is 0 Å². The molecule has 308 valence electrons. The molecule has 0 unspecified atom stereocenters. The van der Waals surface area contributed by atoms with E-state index in [1.165, 1.54) is 0 Å². The second-order valence-electron chi connectivity index (χ2n) is 15.5. The molecule has 0 amide bonds. The van der Waals surface area contributed by atoms with Crippen molar-refractivity contribution < 1.29 is 9.13 Å². The Morgan fingerprint density at radius 1 is 0.234 bits per heavy atom. The Morgan fingerprint density at radius 2 is 0.422 bits per heavy atom. The molecule has 0 aliphatic carbocycles. The fourth-order valence-corrected chi connectivity index (χ4v) is 22.1. The molecule has 0 radical (unpaired) electrons. The van der Waals surface area contributed by atoms with Crippen molar-refractivity contribution in [2.24, 2.45) is 0 Å². The lowest BCUT2D eigenvalue weighted by Crippen LogP contribution is -2.53. The highest BCUT2D eigenvalue weighted by atomic mass is 31.2. The van der Waals surface area contributed by atoms with Crippen LogP contribution in [0.25, 0.3) is 10.8 Å². The highest BCUT2D eigenvalue weighted by Crippen LogP contribution is 2.53. The van der Waals surface area contributed by atoms with E-state index >= 15 is 9.13 Å². The highest BCUT2D eigenvalue weighted by molar-refractivity contribution is 7.94. The van der Waals surface area contributed by atoms with Crippen LogP contribution in [-0.2, 0) is 9.13 Å². The van der Waals surface area contributed by atoms with Gasteiger partial charge >= 0.3 is 0 Å². The van der Waals surface area contributed by atoms with Crippen LogP contribution in [0.3, 0.4) is 0 Å². The topological polar surface area (TPSA) is 34.1 Å². The maximum Gasteiger partial charge on any atom is 0.172 e. The van der Waals surface area contributed by atoms with Crippen molar-refractivity contribution >= 4 is 105 Å². The summed E-state index contributed by atoms with van der Waals surface area (Å²) in [6, 6.07) is 91.2. The van der Waals surface area contributed by atoms with Gasteiger partial charge in [0, 0.05) is 42.4 Å². The molecule has 10 rings (SSSR count). The lowest BCUT2D eigenvalue weighted by atomic mass is 10.1. The number of benzene rings is 10. The minimum atomic E-state index is -3.98. The molecule has 64 heavy (non-hydrogen) atoms. The van der Waals surface area contributed by atoms with Gasteiger partial charge in [0.1, 0.15) is 0 Å². The largest absolute Gasteiger partial charge is 0.309 e. The molecule has 0 spiro atoms. The van der Waals surface area contributed by atoms with Crippen molar-refractivity contribution in [3.05, 3.63) is 267 Å². The maximum absolute atomic E-state index is 18.1. The zero-order chi connectivity index (χ0) is 43.4. The highest BCUT2D eigenvalue weighted by Gasteiger charge is 2.47. The Morgan fingerprint density at radius 3 is 0.641 bits per heavy atom. The van der Waals surface area contributed by atoms with Gasteiger partial charge in [-0.25, -0.2) is 0 Å². The first-order chi connectivity index (χ1) is 31.6. The van der Waals surface area contributed by atoms with Crippen molar-refractivity contribution in [1.29, 1.82) is 0 Å². The third-order valence-electron chi connectivity index (χ3n) is 11.7. The Bertz CT molecular complexity index is 2860. The predicted octanol–water partition coefficient (Wildman–Crippen LogP) is 9.63. The minimum Gasteiger partial charge on any atom is -0.309 e. The van der Waals surface area contributed by atoms with E-state index in [0.29, 0.717) is 31.8 Å². The van der Waals surface area contributed by atoms with Crippen LogP contribution >= 0.6 is 30.1 Å². The van der Waals surface area contributed by atoms with Crippen LogP contribution in [0.1, 0.15) is 0 Å². The molecule has 0 atom stereocenters. The molecule has 0 aliphatic rings. The van der Waals surface area contributed by atoms with Crippen molar-refractivity contribution in [3.8, 4) is 0 Å². The van der Waals surface area contributed by atoms with E-state index in [1.807, 2.05) is 121 Å². The average Bonchev–Trinajstić information content (AvgIpc) is 3.38. The van der Waals surface area contributed by atoms with E-state index in [2.05, 4.69) is 146 Å². The second-order valence-corrected chi connectivity index (χ2v) is 25.2. The van der Waals surface area contributed by atoms with E-state index in [1.54, 1.807) is 0 Å². The van der Waals surface area contributed by atoms with Crippen LogP contribution in [0.5, 0.6) is 0 Å². The Balaban J connectivity index is 1.56. The molecule has 0 fully saturated rings. The van der Waals surface area contributed by atoms with Crippen LogP contribution in [0, 0.1) is 0 Å². The quantitative estimate of drug-likeness (QED) is 0.115. The summed E-state index contributed by atoms with van der Waals surface area (Å²) >= 11 is 0. The lowest BCUT2D eigenvalue weighted by molar-refractivity contribution is 0.590. The van der Waals surface area contributed by atoms with Gasteiger partial charge in [0.05, 0.1) is 0 Å². The van der Waals surface area contributed by atoms with Gasteiger partial charge in [-0.15, -0.1) is 0 Å². The van der Waals surface area contributed by atoms with Crippen molar-refractivity contribution in [1.82, 2.24) is 0 Å². The SMILES string of the molecule is O=P(c1ccccc1)(c1ccccc1)c1c(P(=O)(c2ccccc2)c2ccccc2)c(P(c2ccccc2)c2ccccc2)c2ccccc2c1P(c1ccccc1)c1ccccc1. The maximum atomic E-state index is 18.1. The van der Waals surface area contributed by atoms with E-state index in [9.17, 15) is 0 Å². The monoisotopic (exact) mass is 896 g/mol. The molecule has 10 aromatic rings. The van der Waals surface area contributed by atoms with Crippen LogP contribution in [0.4, 0.5) is 0 Å². The predicted molar refractivity (Wildman–Crippen MR) is 280 cm³/mol. The van der Waals surface area contributed by atoms with Gasteiger partial charge in [0.15, 0.2) is 14.3 Å². The van der Waals surface area contributed by atoms with Gasteiger partial charge < -0.3 is 9.13 Å². The molecular formula is C58H44O2P4. The smallest absolute Gasteiger partial charge is 0.172 e. The van der Waals surface area contributed by atoms with Gasteiger partial charge in [0.25, 0.3) is 0 Å². The third kappa shape index (κ3) is 7.56. The zero-order valence-electron chi connectivity index (χ0n) is 35.0. The molecular weight excluding hydrogens is 853 g/mol. The molecule has 2 nitrogen and oxygen atoms in total. The van der Waals surface area contributed by atoms with Gasteiger partial charge in [-0.2, -0.15) is 0 Å². The summed E-state index contributed by atoms with van der Waals surface area (Å²) in [5, 5.41) is 12.5. The van der Waals surface area contributed by atoms with E-state index in [4.69, 9.17) is 0 Å². The van der Waals surface area contributed by atoms with Crippen LogP contribution in [0.2, 0.25) is 0 Å². The summed E-state index contributed by atoms with van der Waals surface area (Å²) in [6.45, 7) is 0. The molecule has 0 saturated heterocycles. The van der Waals surface area contributed by atoms with E-state index < -0.39 is 30.1 Å². The normalized spacial score (nSPS) is 11.8. The van der Waals surface area contributed by atoms with Crippen molar-refractivity contribution in [2.45, 2.75) is 0 Å². The van der Waals surface area contributed by atoms with Crippen molar-refractivity contribution in [3.63, 3.8) is 0 Å². The molecule has 0 aliphatic heterocycles. The first kappa shape index (κ1) is 41.8. The molecule has 10 aromatic carbocycles. The number of hydrogen-bond acceptors (Lipinski definition) is 2. The third-order valence-corrected chi connectivity index (χ3v) is 23.6. The minimum absolute atomic E-state index is 0.660. The summed E-state index contributed by atoms with van der Waals surface area (Å²) in [5.41, 5.74) is 0. The van der Waals surface area contributed by atoms with Crippen LogP contribution in [0.15, 0.2) is 267 Å². The lowest BCUT2D eigenvalue weighted by Gasteiger charge is -2.37. The molecule has 0 bridgehead atoms. The molecule has 0 N–H and O–H groups in total.